The molecule has 124 valence electrons. The largest absolute Gasteiger partial charge is 0.264 e. The Morgan fingerprint density at radius 3 is 2.43 bits per heavy atom. The van der Waals surface area contributed by atoms with Gasteiger partial charge in [-0.1, -0.05) is 37.3 Å². The van der Waals surface area contributed by atoms with E-state index < -0.39 is 15.7 Å². The van der Waals surface area contributed by atoms with E-state index in [0.29, 0.717) is 12.0 Å². The molecule has 1 aromatic carbocycles. The van der Waals surface area contributed by atoms with Gasteiger partial charge in [0, 0.05) is 18.9 Å². The van der Waals surface area contributed by atoms with Gasteiger partial charge < -0.3 is 0 Å². The molecule has 0 aliphatic heterocycles. The van der Waals surface area contributed by atoms with Gasteiger partial charge in [0.15, 0.2) is 0 Å². The second-order valence-electron chi connectivity index (χ2n) is 5.66. The van der Waals surface area contributed by atoms with Crippen molar-refractivity contribution in [2.75, 3.05) is 12.3 Å². The molecule has 0 fully saturated rings. The van der Waals surface area contributed by atoms with Crippen molar-refractivity contribution < 1.29 is 12.8 Å². The maximum atomic E-state index is 14.8. The Labute approximate surface area is 136 Å². The van der Waals surface area contributed by atoms with E-state index >= 15 is 0 Å². The minimum absolute atomic E-state index is 0.00300. The van der Waals surface area contributed by atoms with Crippen molar-refractivity contribution in [1.82, 2.24) is 9.71 Å². The first kappa shape index (κ1) is 17.6. The summed E-state index contributed by atoms with van der Waals surface area (Å²) in [6.45, 7) is 2.87. The van der Waals surface area contributed by atoms with E-state index in [9.17, 15) is 12.8 Å². The summed E-state index contributed by atoms with van der Waals surface area (Å²) in [7, 11) is -3.42. The topological polar surface area (TPSA) is 59.1 Å². The highest BCUT2D eigenvalue weighted by atomic mass is 32.2. The van der Waals surface area contributed by atoms with Gasteiger partial charge in [-0.25, -0.2) is 17.5 Å². The molecular weight excluding hydrogens is 315 g/mol. The summed E-state index contributed by atoms with van der Waals surface area (Å²) in [6.07, 6.45) is 3.93. The Morgan fingerprint density at radius 2 is 1.87 bits per heavy atom. The smallest absolute Gasteiger partial charge is 0.211 e. The molecule has 0 radical (unpaired) electrons. The number of sulfonamides is 1. The first-order valence-electron chi connectivity index (χ1n) is 7.51. The average molecular weight is 336 g/mol. The van der Waals surface area contributed by atoms with E-state index in [2.05, 4.69) is 9.71 Å². The van der Waals surface area contributed by atoms with Crippen molar-refractivity contribution in [1.29, 1.82) is 0 Å². The molecule has 23 heavy (non-hydrogen) atoms. The number of halogens is 1. The van der Waals surface area contributed by atoms with Crippen LogP contribution in [-0.4, -0.2) is 25.7 Å². The molecule has 0 bridgehead atoms. The van der Waals surface area contributed by atoms with E-state index in [4.69, 9.17) is 0 Å². The standard InChI is InChI=1S/C17H21FN2O2S/c1-3-11-23(21,22)20-13-17(2,18)16-8-6-14(7-9-16)15-5-4-10-19-12-15/h4-10,12,20H,3,11,13H2,1-2H3. The zero-order chi connectivity index (χ0) is 16.9. The third kappa shape index (κ3) is 4.84. The van der Waals surface area contributed by atoms with Crippen LogP contribution in [0.3, 0.4) is 0 Å². The van der Waals surface area contributed by atoms with Crippen LogP contribution < -0.4 is 4.72 Å². The molecule has 1 N–H and O–H groups in total. The van der Waals surface area contributed by atoms with E-state index in [1.54, 1.807) is 31.5 Å². The molecule has 6 heteroatoms. The first-order chi connectivity index (χ1) is 10.8. The molecule has 0 spiro atoms. The van der Waals surface area contributed by atoms with Crippen LogP contribution in [0, 0.1) is 0 Å². The molecule has 0 saturated heterocycles. The molecule has 1 atom stereocenters. The molecule has 0 aliphatic rings. The van der Waals surface area contributed by atoms with Crippen molar-refractivity contribution in [3.63, 3.8) is 0 Å². The Bertz CT molecular complexity index is 729. The number of hydrogen-bond acceptors (Lipinski definition) is 3. The van der Waals surface area contributed by atoms with Crippen LogP contribution in [0.15, 0.2) is 48.8 Å². The number of alkyl halides is 1. The van der Waals surface area contributed by atoms with Crippen LogP contribution in [0.25, 0.3) is 11.1 Å². The van der Waals surface area contributed by atoms with Gasteiger partial charge in [0.2, 0.25) is 10.0 Å². The highest BCUT2D eigenvalue weighted by molar-refractivity contribution is 7.89. The van der Waals surface area contributed by atoms with E-state index in [1.807, 2.05) is 24.3 Å². The van der Waals surface area contributed by atoms with Crippen LogP contribution in [0.5, 0.6) is 0 Å². The molecule has 1 heterocycles. The third-order valence-electron chi connectivity index (χ3n) is 3.58. The lowest BCUT2D eigenvalue weighted by atomic mass is 9.96. The van der Waals surface area contributed by atoms with Gasteiger partial charge in [-0.3, -0.25) is 4.98 Å². The fourth-order valence-corrected chi connectivity index (χ4v) is 3.40. The van der Waals surface area contributed by atoms with Gasteiger partial charge in [-0.2, -0.15) is 0 Å². The predicted octanol–water partition coefficient (Wildman–Crippen LogP) is 3.26. The Balaban J connectivity index is 2.11. The molecule has 1 aromatic heterocycles. The number of hydrogen-bond donors (Lipinski definition) is 1. The summed E-state index contributed by atoms with van der Waals surface area (Å²) in [5.74, 6) is 0.00300. The lowest BCUT2D eigenvalue weighted by molar-refractivity contribution is 0.196. The highest BCUT2D eigenvalue weighted by Gasteiger charge is 2.27. The van der Waals surface area contributed by atoms with E-state index in [0.717, 1.165) is 11.1 Å². The van der Waals surface area contributed by atoms with Gasteiger partial charge >= 0.3 is 0 Å². The summed E-state index contributed by atoms with van der Waals surface area (Å²) in [6, 6.07) is 10.7. The van der Waals surface area contributed by atoms with Crippen molar-refractivity contribution in [2.45, 2.75) is 25.9 Å². The number of pyridine rings is 1. The van der Waals surface area contributed by atoms with Crippen LogP contribution in [-0.2, 0) is 15.7 Å². The molecule has 2 aromatic rings. The first-order valence-corrected chi connectivity index (χ1v) is 9.16. The third-order valence-corrected chi connectivity index (χ3v) is 5.11. The van der Waals surface area contributed by atoms with Crippen molar-refractivity contribution >= 4 is 10.0 Å². The van der Waals surface area contributed by atoms with Crippen molar-refractivity contribution in [2.24, 2.45) is 0 Å². The Morgan fingerprint density at radius 1 is 1.17 bits per heavy atom. The van der Waals surface area contributed by atoms with Crippen LogP contribution >= 0.6 is 0 Å². The van der Waals surface area contributed by atoms with Gasteiger partial charge in [0.05, 0.1) is 5.75 Å². The quantitative estimate of drug-likeness (QED) is 0.844. The number of benzene rings is 1. The zero-order valence-electron chi connectivity index (χ0n) is 13.3. The minimum atomic E-state index is -3.42. The summed E-state index contributed by atoms with van der Waals surface area (Å²) in [5.41, 5.74) is 0.547. The molecular formula is C17H21FN2O2S. The molecule has 0 aliphatic carbocycles. The summed E-state index contributed by atoms with van der Waals surface area (Å²) in [5, 5.41) is 0. The lowest BCUT2D eigenvalue weighted by Crippen LogP contribution is -2.36. The number of rotatable bonds is 7. The van der Waals surface area contributed by atoms with E-state index in [1.165, 1.54) is 6.92 Å². The monoisotopic (exact) mass is 336 g/mol. The average Bonchev–Trinajstić information content (AvgIpc) is 2.54. The highest BCUT2D eigenvalue weighted by Crippen LogP contribution is 2.27. The Hall–Kier alpha value is -1.79. The van der Waals surface area contributed by atoms with Crippen molar-refractivity contribution in [3.05, 3.63) is 54.4 Å². The molecule has 0 amide bonds. The zero-order valence-corrected chi connectivity index (χ0v) is 14.1. The molecule has 4 nitrogen and oxygen atoms in total. The SMILES string of the molecule is CCCS(=O)(=O)NCC(C)(F)c1ccc(-c2cccnc2)cc1. The fourth-order valence-electron chi connectivity index (χ4n) is 2.23. The van der Waals surface area contributed by atoms with Gasteiger partial charge in [0.25, 0.3) is 0 Å². The van der Waals surface area contributed by atoms with Crippen molar-refractivity contribution in [3.8, 4) is 11.1 Å². The minimum Gasteiger partial charge on any atom is -0.264 e. The molecule has 2 rings (SSSR count). The number of nitrogens with one attached hydrogen (secondary N) is 1. The normalized spacial score (nSPS) is 14.4. The van der Waals surface area contributed by atoms with E-state index in [-0.39, 0.29) is 12.3 Å². The Kier molecular flexibility index (Phi) is 5.49. The second-order valence-corrected chi connectivity index (χ2v) is 7.58. The van der Waals surface area contributed by atoms with Crippen LogP contribution in [0.1, 0.15) is 25.8 Å². The maximum absolute atomic E-state index is 14.8. The lowest BCUT2D eigenvalue weighted by Gasteiger charge is -2.21. The number of aromatic nitrogens is 1. The number of nitrogens with zero attached hydrogens (tertiary/aromatic N) is 1. The van der Waals surface area contributed by atoms with Gasteiger partial charge in [-0.05, 0) is 36.1 Å². The fraction of sp³-hybridized carbons (Fsp3) is 0.353. The summed E-state index contributed by atoms with van der Waals surface area (Å²) >= 11 is 0. The maximum Gasteiger partial charge on any atom is 0.211 e. The second kappa shape index (κ2) is 7.19. The van der Waals surface area contributed by atoms with Crippen LogP contribution in [0.2, 0.25) is 0 Å². The van der Waals surface area contributed by atoms with Gasteiger partial charge in [-0.15, -0.1) is 0 Å². The predicted molar refractivity (Wildman–Crippen MR) is 90.2 cm³/mol. The summed E-state index contributed by atoms with van der Waals surface area (Å²) < 4.78 is 40.4. The van der Waals surface area contributed by atoms with Gasteiger partial charge in [0.1, 0.15) is 5.67 Å². The molecule has 0 saturated carbocycles. The summed E-state index contributed by atoms with van der Waals surface area (Å²) in [4.78, 5) is 4.06. The van der Waals surface area contributed by atoms with Crippen LogP contribution in [0.4, 0.5) is 4.39 Å². The molecule has 1 unspecified atom stereocenters.